The highest BCUT2D eigenvalue weighted by atomic mass is 32.2. The van der Waals surface area contributed by atoms with Crippen LogP contribution in [-0.2, 0) is 27.3 Å². The molecule has 1 aromatic carbocycles. The molecule has 0 bridgehead atoms. The Kier molecular flexibility index (Phi) is 5.50. The summed E-state index contributed by atoms with van der Waals surface area (Å²) in [6.45, 7) is 8.29. The molecular formula is C22H24N2O4S2. The largest absolute Gasteiger partial charge is 0.468 e. The maximum Gasteiger partial charge on any atom is 0.318 e. The minimum absolute atomic E-state index is 0.111. The quantitative estimate of drug-likeness (QED) is 0.340. The van der Waals surface area contributed by atoms with E-state index in [0.717, 1.165) is 21.7 Å². The Morgan fingerprint density at radius 1 is 1.40 bits per heavy atom. The van der Waals surface area contributed by atoms with Crippen LogP contribution in [0.2, 0.25) is 0 Å². The fourth-order valence-electron chi connectivity index (χ4n) is 3.62. The van der Waals surface area contributed by atoms with Gasteiger partial charge in [-0.25, -0.2) is 4.98 Å². The first kappa shape index (κ1) is 21.1. The Morgan fingerprint density at radius 2 is 2.17 bits per heavy atom. The number of fused-ring (bicyclic) bond motifs is 3. The molecule has 158 valence electrons. The number of carbonyl (C=O) groups is 1. The van der Waals surface area contributed by atoms with Crippen LogP contribution >= 0.6 is 23.1 Å². The van der Waals surface area contributed by atoms with Crippen LogP contribution in [0, 0.1) is 6.92 Å². The number of hydrogen-bond donors (Lipinski definition) is 0. The zero-order chi connectivity index (χ0) is 21.6. The van der Waals surface area contributed by atoms with Crippen molar-refractivity contribution >= 4 is 39.3 Å². The van der Waals surface area contributed by atoms with Gasteiger partial charge < -0.3 is 9.47 Å². The predicted octanol–water partition coefficient (Wildman–Crippen LogP) is 4.26. The van der Waals surface area contributed by atoms with Gasteiger partial charge in [-0.2, -0.15) is 0 Å². The fraction of sp³-hybridized carbons (Fsp3) is 0.409. The highest BCUT2D eigenvalue weighted by molar-refractivity contribution is 8.00. The first-order valence-corrected chi connectivity index (χ1v) is 11.4. The summed E-state index contributed by atoms with van der Waals surface area (Å²) in [6, 6.07) is 7.74. The van der Waals surface area contributed by atoms with Crippen LogP contribution in [0.1, 0.15) is 36.8 Å². The predicted molar refractivity (Wildman–Crippen MR) is 120 cm³/mol. The van der Waals surface area contributed by atoms with Crippen molar-refractivity contribution in [1.29, 1.82) is 0 Å². The molecule has 3 aromatic rings. The van der Waals surface area contributed by atoms with Gasteiger partial charge >= 0.3 is 5.97 Å². The standard InChI is InChI=1S/C22H24N2O4S2/c1-12-7-6-8-14(9-12)24-19(25)17-15-10-22(3,4)28-11-16(15)30-18(17)23-21(24)29-13(2)20(26)27-5/h6-9,13H,10-11H2,1-5H3/t13-/m1/s1. The summed E-state index contributed by atoms with van der Waals surface area (Å²) in [4.78, 5) is 32.4. The maximum atomic E-state index is 13.8. The van der Waals surface area contributed by atoms with E-state index in [0.29, 0.717) is 28.4 Å². The first-order valence-electron chi connectivity index (χ1n) is 9.73. The molecule has 8 heteroatoms. The lowest BCUT2D eigenvalue weighted by atomic mass is 9.94. The molecule has 0 N–H and O–H groups in total. The zero-order valence-electron chi connectivity index (χ0n) is 17.6. The Morgan fingerprint density at radius 3 is 2.87 bits per heavy atom. The Bertz CT molecular complexity index is 1200. The van der Waals surface area contributed by atoms with Gasteiger partial charge in [-0.3, -0.25) is 14.2 Å². The Hall–Kier alpha value is -2.16. The van der Waals surface area contributed by atoms with E-state index in [1.54, 1.807) is 11.5 Å². The van der Waals surface area contributed by atoms with Crippen molar-refractivity contribution < 1.29 is 14.3 Å². The van der Waals surface area contributed by atoms with Gasteiger partial charge in [-0.05, 0) is 51.0 Å². The number of aryl methyl sites for hydroxylation is 1. The smallest absolute Gasteiger partial charge is 0.318 e. The molecule has 0 aliphatic carbocycles. The summed E-state index contributed by atoms with van der Waals surface area (Å²) in [5.41, 5.74) is 2.37. The SMILES string of the molecule is COC(=O)[C@@H](C)Sc1nc2sc3c(c2c(=O)n1-c1cccc(C)c1)CC(C)(C)OC3. The first-order chi connectivity index (χ1) is 14.2. The molecular weight excluding hydrogens is 420 g/mol. The van der Waals surface area contributed by atoms with Gasteiger partial charge in [0.05, 0.1) is 30.4 Å². The lowest BCUT2D eigenvalue weighted by Crippen LogP contribution is -2.32. The van der Waals surface area contributed by atoms with Crippen molar-refractivity contribution in [2.45, 2.75) is 56.7 Å². The zero-order valence-corrected chi connectivity index (χ0v) is 19.3. The summed E-state index contributed by atoms with van der Waals surface area (Å²) in [7, 11) is 1.36. The second-order valence-corrected chi connectivity index (χ2v) is 10.5. The molecule has 1 aliphatic rings. The summed E-state index contributed by atoms with van der Waals surface area (Å²) in [5.74, 6) is -0.356. The normalized spacial score (nSPS) is 16.3. The van der Waals surface area contributed by atoms with Crippen LogP contribution in [0.5, 0.6) is 0 Å². The fourth-order valence-corrected chi connectivity index (χ4v) is 5.72. The third-order valence-electron chi connectivity index (χ3n) is 5.15. The Balaban J connectivity index is 1.97. The molecule has 0 saturated heterocycles. The molecule has 1 atom stereocenters. The summed E-state index contributed by atoms with van der Waals surface area (Å²) < 4.78 is 12.4. The van der Waals surface area contributed by atoms with E-state index in [-0.39, 0.29) is 17.1 Å². The van der Waals surface area contributed by atoms with E-state index in [1.807, 2.05) is 45.0 Å². The number of methoxy groups -OCH3 is 1. The maximum absolute atomic E-state index is 13.8. The van der Waals surface area contributed by atoms with Crippen LogP contribution in [0.3, 0.4) is 0 Å². The Labute approximate surface area is 183 Å². The highest BCUT2D eigenvalue weighted by Crippen LogP contribution is 2.38. The number of benzene rings is 1. The average Bonchev–Trinajstić information content (AvgIpc) is 3.03. The molecule has 3 heterocycles. The van der Waals surface area contributed by atoms with E-state index in [4.69, 9.17) is 14.5 Å². The molecule has 2 aromatic heterocycles. The van der Waals surface area contributed by atoms with Crippen LogP contribution in [0.15, 0.2) is 34.2 Å². The third-order valence-corrected chi connectivity index (χ3v) is 7.28. The average molecular weight is 445 g/mol. The highest BCUT2D eigenvalue weighted by Gasteiger charge is 2.32. The number of thiophene rings is 1. The minimum atomic E-state index is -0.493. The molecule has 6 nitrogen and oxygen atoms in total. The number of thioether (sulfide) groups is 1. The second-order valence-electron chi connectivity index (χ2n) is 8.07. The van der Waals surface area contributed by atoms with Crippen LogP contribution < -0.4 is 5.56 Å². The summed E-state index contributed by atoms with van der Waals surface area (Å²) in [5, 5.41) is 0.644. The monoisotopic (exact) mass is 444 g/mol. The van der Waals surface area contributed by atoms with Crippen molar-refractivity contribution in [3.63, 3.8) is 0 Å². The number of rotatable bonds is 4. The van der Waals surface area contributed by atoms with Gasteiger partial charge in [-0.15, -0.1) is 11.3 Å². The molecule has 0 amide bonds. The van der Waals surface area contributed by atoms with E-state index in [1.165, 1.54) is 30.2 Å². The number of hydrogen-bond acceptors (Lipinski definition) is 7. The van der Waals surface area contributed by atoms with Crippen molar-refractivity contribution in [1.82, 2.24) is 9.55 Å². The van der Waals surface area contributed by atoms with Gasteiger partial charge in [0, 0.05) is 11.3 Å². The van der Waals surface area contributed by atoms with Gasteiger partial charge in [0.25, 0.3) is 5.56 Å². The van der Waals surface area contributed by atoms with Crippen LogP contribution in [-0.4, -0.2) is 33.5 Å². The number of aromatic nitrogens is 2. The van der Waals surface area contributed by atoms with Gasteiger partial charge in [0.1, 0.15) is 10.1 Å². The van der Waals surface area contributed by atoms with Crippen molar-refractivity contribution in [3.05, 3.63) is 50.6 Å². The molecule has 30 heavy (non-hydrogen) atoms. The summed E-state index contributed by atoms with van der Waals surface area (Å²) in [6.07, 6.45) is 0.665. The molecule has 0 unspecified atom stereocenters. The lowest BCUT2D eigenvalue weighted by Gasteiger charge is -2.30. The molecule has 0 saturated carbocycles. The van der Waals surface area contributed by atoms with Crippen LogP contribution in [0.25, 0.3) is 15.9 Å². The molecule has 0 radical (unpaired) electrons. The van der Waals surface area contributed by atoms with E-state index in [2.05, 4.69) is 0 Å². The third kappa shape index (κ3) is 3.79. The lowest BCUT2D eigenvalue weighted by molar-refractivity contribution is -0.139. The van der Waals surface area contributed by atoms with E-state index < -0.39 is 5.25 Å². The molecule has 4 rings (SSSR count). The number of esters is 1. The summed E-state index contributed by atoms with van der Waals surface area (Å²) >= 11 is 2.73. The second kappa shape index (κ2) is 7.83. The van der Waals surface area contributed by atoms with Crippen LogP contribution in [0.4, 0.5) is 0 Å². The van der Waals surface area contributed by atoms with E-state index in [9.17, 15) is 9.59 Å². The topological polar surface area (TPSA) is 70.4 Å². The minimum Gasteiger partial charge on any atom is -0.468 e. The van der Waals surface area contributed by atoms with E-state index >= 15 is 0 Å². The van der Waals surface area contributed by atoms with Gasteiger partial charge in [0.15, 0.2) is 5.16 Å². The van der Waals surface area contributed by atoms with Crippen molar-refractivity contribution in [2.75, 3.05) is 7.11 Å². The van der Waals surface area contributed by atoms with Gasteiger partial charge in [-0.1, -0.05) is 23.9 Å². The van der Waals surface area contributed by atoms with Crippen molar-refractivity contribution in [3.8, 4) is 5.69 Å². The molecule has 0 spiro atoms. The molecule has 1 aliphatic heterocycles. The number of nitrogens with zero attached hydrogens (tertiary/aromatic N) is 2. The number of ether oxygens (including phenoxy) is 2. The van der Waals surface area contributed by atoms with Gasteiger partial charge in [0.2, 0.25) is 0 Å². The number of carbonyl (C=O) groups excluding carboxylic acids is 1. The van der Waals surface area contributed by atoms with Crippen molar-refractivity contribution in [2.24, 2.45) is 0 Å². The molecule has 0 fully saturated rings.